The van der Waals surface area contributed by atoms with Crippen molar-refractivity contribution in [2.45, 2.75) is 6.92 Å². The minimum atomic E-state index is 0.940. The highest BCUT2D eigenvalue weighted by Gasteiger charge is 2.02. The Morgan fingerprint density at radius 3 is 1.72 bits per heavy atom. The number of nitrogens with zero attached hydrogens (tertiary/aromatic N) is 2. The maximum Gasteiger partial charge on any atom is 0.0658 e. The van der Waals surface area contributed by atoms with Crippen LogP contribution in [-0.2, 0) is 0 Å². The van der Waals surface area contributed by atoms with Gasteiger partial charge in [0.2, 0.25) is 0 Å². The maximum atomic E-state index is 4.68. The second-order valence-corrected chi connectivity index (χ2v) is 6.36. The predicted molar refractivity (Wildman–Crippen MR) is 104 cm³/mol. The van der Waals surface area contributed by atoms with Gasteiger partial charge in [0, 0.05) is 22.1 Å². The van der Waals surface area contributed by atoms with Gasteiger partial charge in [-0.25, -0.2) is 9.97 Å². The second-order valence-electron chi connectivity index (χ2n) is 6.36. The molecule has 0 amide bonds. The molecule has 2 aliphatic heterocycles. The topological polar surface area (TPSA) is 57.4 Å². The minimum absolute atomic E-state index is 0.940. The van der Waals surface area contributed by atoms with Gasteiger partial charge in [0.05, 0.1) is 22.8 Å². The lowest BCUT2D eigenvalue weighted by Gasteiger charge is -1.86. The van der Waals surface area contributed by atoms with Crippen molar-refractivity contribution in [3.8, 4) is 0 Å². The van der Waals surface area contributed by atoms with Gasteiger partial charge in [0.15, 0.2) is 0 Å². The Morgan fingerprint density at radius 1 is 0.600 bits per heavy atom. The van der Waals surface area contributed by atoms with Gasteiger partial charge < -0.3 is 9.97 Å². The largest absolute Gasteiger partial charge is 0.355 e. The zero-order chi connectivity index (χ0) is 16.8. The van der Waals surface area contributed by atoms with E-state index >= 15 is 0 Å². The maximum absolute atomic E-state index is 4.68. The molecular formula is C21H16N4. The van der Waals surface area contributed by atoms with Crippen LogP contribution in [0.25, 0.3) is 46.4 Å². The molecule has 0 unspecified atom stereocenters. The third-order valence-corrected chi connectivity index (χ3v) is 4.38. The molecule has 4 nitrogen and oxygen atoms in total. The van der Waals surface area contributed by atoms with E-state index < -0.39 is 0 Å². The highest BCUT2D eigenvalue weighted by Crippen LogP contribution is 2.18. The fourth-order valence-corrected chi connectivity index (χ4v) is 3.16. The molecule has 25 heavy (non-hydrogen) atoms. The molecule has 0 aliphatic carbocycles. The standard InChI is InChI=1S/C21H16N4/c1-13-8-20-11-18-5-4-16(23-18)9-14-2-3-15(22-14)10-17-6-7-19(24-17)12-21(13)25-20/h2-12,22,25H,1H3. The number of nitrogens with one attached hydrogen (secondary N) is 2. The summed E-state index contributed by atoms with van der Waals surface area (Å²) >= 11 is 0. The van der Waals surface area contributed by atoms with Crippen LogP contribution in [-0.4, -0.2) is 19.9 Å². The van der Waals surface area contributed by atoms with Crippen LogP contribution in [0.2, 0.25) is 0 Å². The van der Waals surface area contributed by atoms with Crippen molar-refractivity contribution in [2.75, 3.05) is 0 Å². The number of aromatic nitrogens is 4. The molecule has 0 saturated heterocycles. The van der Waals surface area contributed by atoms with Crippen LogP contribution in [0.4, 0.5) is 0 Å². The molecule has 0 fully saturated rings. The van der Waals surface area contributed by atoms with Gasteiger partial charge in [-0.15, -0.1) is 0 Å². The summed E-state index contributed by atoms with van der Waals surface area (Å²) in [5, 5.41) is 0. The first-order valence-corrected chi connectivity index (χ1v) is 8.26. The van der Waals surface area contributed by atoms with E-state index in [9.17, 15) is 0 Å². The van der Waals surface area contributed by atoms with Crippen LogP contribution in [0.3, 0.4) is 0 Å². The Morgan fingerprint density at radius 2 is 1.12 bits per heavy atom. The first-order valence-electron chi connectivity index (χ1n) is 8.26. The van der Waals surface area contributed by atoms with Gasteiger partial charge in [-0.1, -0.05) is 0 Å². The van der Waals surface area contributed by atoms with E-state index in [-0.39, 0.29) is 0 Å². The summed E-state index contributed by atoms with van der Waals surface area (Å²) in [6.45, 7) is 2.10. The normalized spacial score (nSPS) is 12.7. The molecule has 5 rings (SSSR count). The fourth-order valence-electron chi connectivity index (χ4n) is 3.16. The van der Waals surface area contributed by atoms with E-state index in [1.165, 1.54) is 5.56 Å². The number of hydrogen-bond acceptors (Lipinski definition) is 2. The van der Waals surface area contributed by atoms with Crippen molar-refractivity contribution < 1.29 is 0 Å². The van der Waals surface area contributed by atoms with Gasteiger partial charge in [-0.3, -0.25) is 0 Å². The van der Waals surface area contributed by atoms with Crippen LogP contribution >= 0.6 is 0 Å². The summed E-state index contributed by atoms with van der Waals surface area (Å²) in [6.07, 6.45) is 8.13. The Balaban J connectivity index is 1.87. The summed E-state index contributed by atoms with van der Waals surface area (Å²) in [5.74, 6) is 0. The lowest BCUT2D eigenvalue weighted by molar-refractivity contribution is 1.31. The number of aromatic amines is 2. The quantitative estimate of drug-likeness (QED) is 0.423. The molecular weight excluding hydrogens is 308 g/mol. The lowest BCUT2D eigenvalue weighted by Crippen LogP contribution is -1.75. The molecule has 2 N–H and O–H groups in total. The van der Waals surface area contributed by atoms with Crippen molar-refractivity contribution in [3.63, 3.8) is 0 Å². The Labute approximate surface area is 144 Å². The Kier molecular flexibility index (Phi) is 2.97. The molecule has 0 saturated carbocycles. The van der Waals surface area contributed by atoms with Crippen molar-refractivity contribution in [3.05, 3.63) is 70.8 Å². The van der Waals surface area contributed by atoms with Crippen molar-refractivity contribution in [2.24, 2.45) is 0 Å². The monoisotopic (exact) mass is 324 g/mol. The molecule has 3 aromatic rings. The van der Waals surface area contributed by atoms with E-state index in [2.05, 4.69) is 57.2 Å². The number of aryl methyl sites for hydroxylation is 1. The third-order valence-electron chi connectivity index (χ3n) is 4.38. The van der Waals surface area contributed by atoms with Crippen molar-refractivity contribution in [1.29, 1.82) is 0 Å². The lowest BCUT2D eigenvalue weighted by atomic mass is 10.2. The van der Waals surface area contributed by atoms with Gasteiger partial charge in [-0.2, -0.15) is 0 Å². The third kappa shape index (κ3) is 2.68. The molecule has 0 aromatic carbocycles. The van der Waals surface area contributed by atoms with E-state index in [4.69, 9.17) is 0 Å². The summed E-state index contributed by atoms with van der Waals surface area (Å²) in [5.41, 5.74) is 9.13. The molecule has 0 spiro atoms. The van der Waals surface area contributed by atoms with E-state index in [0.717, 1.165) is 44.8 Å². The first kappa shape index (κ1) is 14.0. The summed E-state index contributed by atoms with van der Waals surface area (Å²) in [4.78, 5) is 16.2. The van der Waals surface area contributed by atoms with Gasteiger partial charge in [0.25, 0.3) is 0 Å². The average Bonchev–Trinajstić information content (AvgIpc) is 3.33. The highest BCUT2D eigenvalue weighted by molar-refractivity contribution is 5.78. The Bertz CT molecular complexity index is 1210. The van der Waals surface area contributed by atoms with Crippen LogP contribution < -0.4 is 0 Å². The zero-order valence-electron chi connectivity index (χ0n) is 13.7. The van der Waals surface area contributed by atoms with Gasteiger partial charge in [-0.05, 0) is 79.3 Å². The molecule has 4 heteroatoms. The summed E-state index contributed by atoms with van der Waals surface area (Å²) < 4.78 is 0. The molecule has 3 aromatic heterocycles. The molecule has 120 valence electrons. The summed E-state index contributed by atoms with van der Waals surface area (Å²) in [6, 6.07) is 14.5. The number of fused-ring (bicyclic) bond motifs is 8. The molecule has 0 radical (unpaired) electrons. The van der Waals surface area contributed by atoms with E-state index in [1.807, 2.05) is 36.4 Å². The highest BCUT2D eigenvalue weighted by atomic mass is 14.8. The van der Waals surface area contributed by atoms with Crippen molar-refractivity contribution >= 4 is 46.4 Å². The minimum Gasteiger partial charge on any atom is -0.355 e. The van der Waals surface area contributed by atoms with Crippen LogP contribution in [0.5, 0.6) is 0 Å². The second kappa shape index (κ2) is 5.31. The Hall–Kier alpha value is -3.40. The number of hydrogen-bond donors (Lipinski definition) is 2. The molecule has 5 heterocycles. The van der Waals surface area contributed by atoms with Gasteiger partial charge >= 0.3 is 0 Å². The molecule has 0 atom stereocenters. The molecule has 8 bridgehead atoms. The number of H-pyrrole nitrogens is 2. The van der Waals surface area contributed by atoms with Gasteiger partial charge in [0.1, 0.15) is 0 Å². The predicted octanol–water partition coefficient (Wildman–Crippen LogP) is 4.96. The van der Waals surface area contributed by atoms with Crippen LogP contribution in [0.15, 0.2) is 42.5 Å². The van der Waals surface area contributed by atoms with E-state index in [0.29, 0.717) is 0 Å². The SMILES string of the molecule is Cc1cc2cc3nc(cc4ccc(cc5nc(cc1[nH]2)C=C5)[nH]4)C=C3. The fraction of sp³-hybridized carbons (Fsp3) is 0.0476. The van der Waals surface area contributed by atoms with Crippen LogP contribution in [0, 0.1) is 6.92 Å². The van der Waals surface area contributed by atoms with Crippen molar-refractivity contribution in [1.82, 2.24) is 19.9 Å². The van der Waals surface area contributed by atoms with Crippen LogP contribution in [0.1, 0.15) is 28.3 Å². The molecule has 2 aliphatic rings. The van der Waals surface area contributed by atoms with E-state index in [1.54, 1.807) is 0 Å². The summed E-state index contributed by atoms with van der Waals surface area (Å²) in [7, 11) is 0. The smallest absolute Gasteiger partial charge is 0.0658 e. The number of rotatable bonds is 0. The average molecular weight is 324 g/mol. The first-order chi connectivity index (χ1) is 12.2. The zero-order valence-corrected chi connectivity index (χ0v) is 13.7.